The molecule has 0 bridgehead atoms. The summed E-state index contributed by atoms with van der Waals surface area (Å²) in [6, 6.07) is 3.95. The quantitative estimate of drug-likeness (QED) is 0.494. The zero-order chi connectivity index (χ0) is 18.3. The molecule has 0 heterocycles. The van der Waals surface area contributed by atoms with Crippen LogP contribution in [0.5, 0.6) is 11.5 Å². The molecule has 0 aliphatic heterocycles. The van der Waals surface area contributed by atoms with Gasteiger partial charge in [0.25, 0.3) is 0 Å². The van der Waals surface area contributed by atoms with E-state index in [1.807, 2.05) is 20.8 Å². The molecule has 0 aliphatic rings. The fourth-order valence-electron chi connectivity index (χ4n) is 1.81. The van der Waals surface area contributed by atoms with Gasteiger partial charge in [-0.3, -0.25) is 0 Å². The highest BCUT2D eigenvalue weighted by Crippen LogP contribution is 2.26. The molecule has 0 fully saturated rings. The normalized spacial score (nSPS) is 13.1. The lowest BCUT2D eigenvalue weighted by Crippen LogP contribution is -2.42. The second-order valence-electron chi connectivity index (χ2n) is 6.12. The third kappa shape index (κ3) is 6.28. The molecule has 0 aromatic heterocycles. The average molecular weight is 338 g/mol. The monoisotopic (exact) mass is 338 g/mol. The molecule has 0 amide bonds. The molecule has 1 aromatic rings. The highest BCUT2D eigenvalue weighted by molar-refractivity contribution is 5.74. The lowest BCUT2D eigenvalue weighted by Gasteiger charge is -2.26. The molecule has 1 rings (SSSR count). The Kier molecular flexibility index (Phi) is 6.76. The molecule has 7 nitrogen and oxygen atoms in total. The first kappa shape index (κ1) is 19.5. The molecule has 0 radical (unpaired) electrons. The Bertz CT molecular complexity index is 593. The van der Waals surface area contributed by atoms with Gasteiger partial charge in [-0.05, 0) is 45.9 Å². The molecule has 134 valence electrons. The number of carboxylic acids is 1. The fraction of sp³-hybridized carbons (Fsp3) is 0.471. The van der Waals surface area contributed by atoms with Crippen molar-refractivity contribution in [1.29, 1.82) is 0 Å². The van der Waals surface area contributed by atoms with Crippen molar-refractivity contribution < 1.29 is 24.1 Å². The summed E-state index contributed by atoms with van der Waals surface area (Å²) in [7, 11) is 1.54. The van der Waals surface area contributed by atoms with Gasteiger partial charge in [-0.15, -0.1) is 0 Å². The van der Waals surface area contributed by atoms with E-state index in [1.165, 1.54) is 7.11 Å². The van der Waals surface area contributed by atoms with Crippen molar-refractivity contribution in [1.82, 2.24) is 5.32 Å². The van der Waals surface area contributed by atoms with Crippen LogP contribution in [0.1, 0.15) is 27.7 Å². The minimum Gasteiger partial charge on any atom is -0.497 e. The number of nitrogen functional groups attached to an aromatic ring is 1. The molecule has 1 atom stereocenters. The third-order valence-electron chi connectivity index (χ3n) is 2.92. The number of methoxy groups -OCH3 is 1. The number of carbonyl (C=O) groups is 1. The van der Waals surface area contributed by atoms with Crippen LogP contribution in [0, 0.1) is 0 Å². The van der Waals surface area contributed by atoms with Gasteiger partial charge in [-0.1, -0.05) is 0 Å². The zero-order valence-electron chi connectivity index (χ0n) is 14.8. The molecular weight excluding hydrogens is 312 g/mol. The first-order chi connectivity index (χ1) is 11.2. The van der Waals surface area contributed by atoms with E-state index in [0.717, 1.165) is 0 Å². The van der Waals surface area contributed by atoms with Crippen LogP contribution in [0.15, 0.2) is 30.2 Å². The number of ether oxygens (including phenoxy) is 3. The van der Waals surface area contributed by atoms with Crippen LogP contribution < -0.4 is 20.5 Å². The summed E-state index contributed by atoms with van der Waals surface area (Å²) >= 11 is 0. The van der Waals surface area contributed by atoms with Crippen molar-refractivity contribution in [3.05, 3.63) is 30.2 Å². The summed E-state index contributed by atoms with van der Waals surface area (Å²) in [4.78, 5) is 11.4. The fourth-order valence-corrected chi connectivity index (χ4v) is 1.81. The molecule has 4 N–H and O–H groups in total. The van der Waals surface area contributed by atoms with Gasteiger partial charge in [0, 0.05) is 6.07 Å². The smallest absolute Gasteiger partial charge is 0.329 e. The van der Waals surface area contributed by atoms with Crippen LogP contribution in [0.4, 0.5) is 5.69 Å². The van der Waals surface area contributed by atoms with Crippen LogP contribution >= 0.6 is 0 Å². The van der Waals surface area contributed by atoms with Gasteiger partial charge in [0.05, 0.1) is 12.8 Å². The van der Waals surface area contributed by atoms with Crippen LogP contribution in [-0.2, 0) is 9.53 Å². The molecule has 0 aliphatic carbocycles. The Hall–Kier alpha value is -2.57. The van der Waals surface area contributed by atoms with Crippen LogP contribution in [0.2, 0.25) is 0 Å². The van der Waals surface area contributed by atoms with Gasteiger partial charge in [0.2, 0.25) is 0 Å². The Morgan fingerprint density at radius 3 is 2.54 bits per heavy atom. The van der Waals surface area contributed by atoms with Gasteiger partial charge in [-0.25, -0.2) is 4.79 Å². The van der Waals surface area contributed by atoms with E-state index in [-0.39, 0.29) is 6.61 Å². The number of benzene rings is 1. The molecule has 7 heteroatoms. The number of carboxylic acid groups (broad SMARTS) is 1. The molecule has 0 spiro atoms. The maximum Gasteiger partial charge on any atom is 0.329 e. The Morgan fingerprint density at radius 1 is 1.42 bits per heavy atom. The van der Waals surface area contributed by atoms with Gasteiger partial charge in [0.1, 0.15) is 23.7 Å². The summed E-state index contributed by atoms with van der Waals surface area (Å²) in [5.74, 6) is 0.310. The van der Waals surface area contributed by atoms with Crippen molar-refractivity contribution in [2.75, 3.05) is 19.5 Å². The number of hydrogen-bond donors (Lipinski definition) is 3. The van der Waals surface area contributed by atoms with Crippen molar-refractivity contribution in [2.24, 2.45) is 0 Å². The number of hydrogen-bond acceptors (Lipinski definition) is 6. The molecule has 0 unspecified atom stereocenters. The van der Waals surface area contributed by atoms with Gasteiger partial charge in [-0.2, -0.15) is 0 Å². The SMILES string of the molecule is C/C=C(\N[C@@H](COc1ccc(OC)cc1N)C(=O)O)OC(C)(C)C. The van der Waals surface area contributed by atoms with E-state index >= 15 is 0 Å². The standard InChI is InChI=1S/C17H26N2O5/c1-6-15(24-17(2,3)4)19-13(16(20)21)10-23-14-8-7-11(22-5)9-12(14)18/h6-9,13,19H,10,18H2,1-5H3,(H,20,21)/b15-6+/t13-/m0/s1. The van der Waals surface area contributed by atoms with Crippen LogP contribution in [0.25, 0.3) is 0 Å². The Morgan fingerprint density at radius 2 is 2.08 bits per heavy atom. The van der Waals surface area contributed by atoms with Gasteiger partial charge in [0.15, 0.2) is 11.9 Å². The number of nitrogens with one attached hydrogen (secondary N) is 1. The summed E-state index contributed by atoms with van der Waals surface area (Å²) in [6.45, 7) is 7.28. The third-order valence-corrected chi connectivity index (χ3v) is 2.92. The molecule has 0 saturated carbocycles. The van der Waals surface area contributed by atoms with Crippen molar-refractivity contribution in [2.45, 2.75) is 39.3 Å². The highest BCUT2D eigenvalue weighted by atomic mass is 16.5. The summed E-state index contributed by atoms with van der Waals surface area (Å²) in [6.07, 6.45) is 1.67. The van der Waals surface area contributed by atoms with Crippen LogP contribution in [0.3, 0.4) is 0 Å². The Balaban J connectivity index is 2.75. The number of nitrogens with two attached hydrogens (primary N) is 1. The van der Waals surface area contributed by atoms with E-state index < -0.39 is 17.6 Å². The summed E-state index contributed by atoms with van der Waals surface area (Å²) < 4.78 is 16.3. The molecule has 0 saturated heterocycles. The zero-order valence-corrected chi connectivity index (χ0v) is 14.8. The van der Waals surface area contributed by atoms with Crippen LogP contribution in [-0.4, -0.2) is 36.4 Å². The predicted molar refractivity (Wildman–Crippen MR) is 92.1 cm³/mol. The minimum atomic E-state index is -1.06. The van der Waals surface area contributed by atoms with E-state index in [1.54, 1.807) is 31.2 Å². The molecule has 1 aromatic carbocycles. The first-order valence-electron chi connectivity index (χ1n) is 7.57. The highest BCUT2D eigenvalue weighted by Gasteiger charge is 2.22. The van der Waals surface area contributed by atoms with E-state index in [2.05, 4.69) is 5.32 Å². The second-order valence-corrected chi connectivity index (χ2v) is 6.12. The topological polar surface area (TPSA) is 103 Å². The van der Waals surface area contributed by atoms with Gasteiger partial charge >= 0.3 is 5.97 Å². The second kappa shape index (κ2) is 8.33. The maximum atomic E-state index is 11.4. The molecular formula is C17H26N2O5. The lowest BCUT2D eigenvalue weighted by atomic mass is 10.2. The van der Waals surface area contributed by atoms with Crippen molar-refractivity contribution in [3.8, 4) is 11.5 Å². The first-order valence-corrected chi connectivity index (χ1v) is 7.57. The number of aliphatic carboxylic acids is 1. The summed E-state index contributed by atoms with van der Waals surface area (Å²) in [5, 5.41) is 12.2. The lowest BCUT2D eigenvalue weighted by molar-refractivity contribution is -0.140. The van der Waals surface area contributed by atoms with Crippen molar-refractivity contribution >= 4 is 11.7 Å². The van der Waals surface area contributed by atoms with E-state index in [0.29, 0.717) is 23.1 Å². The number of anilines is 1. The molecule has 24 heavy (non-hydrogen) atoms. The van der Waals surface area contributed by atoms with Crippen molar-refractivity contribution in [3.63, 3.8) is 0 Å². The average Bonchev–Trinajstić information content (AvgIpc) is 2.49. The summed E-state index contributed by atoms with van der Waals surface area (Å²) in [5.41, 5.74) is 5.79. The number of allylic oxidation sites excluding steroid dienone is 1. The Labute approximate surface area is 142 Å². The number of rotatable bonds is 8. The van der Waals surface area contributed by atoms with Gasteiger partial charge < -0.3 is 30.4 Å². The minimum absolute atomic E-state index is 0.114. The predicted octanol–water partition coefficient (Wildman–Crippen LogP) is 2.38. The largest absolute Gasteiger partial charge is 0.497 e. The van der Waals surface area contributed by atoms with E-state index in [4.69, 9.17) is 19.9 Å². The van der Waals surface area contributed by atoms with E-state index in [9.17, 15) is 9.90 Å². The maximum absolute atomic E-state index is 11.4.